The molecule has 0 fully saturated rings. The van der Waals surface area contributed by atoms with Crippen LogP contribution in [-0.4, -0.2) is 35.7 Å². The third kappa shape index (κ3) is 6.72. The van der Waals surface area contributed by atoms with Crippen LogP contribution in [0.3, 0.4) is 0 Å². The van der Waals surface area contributed by atoms with E-state index in [2.05, 4.69) is 15.5 Å². The molecular formula is C17H25ClN4O3. The minimum Gasteiger partial charge on any atom is -0.494 e. The van der Waals surface area contributed by atoms with E-state index in [1.165, 1.54) is 0 Å². The maximum absolute atomic E-state index is 11.8. The smallest absolute Gasteiger partial charge is 0.227 e. The second kappa shape index (κ2) is 10.7. The van der Waals surface area contributed by atoms with Crippen LogP contribution in [0.25, 0.3) is 11.4 Å². The highest BCUT2D eigenvalue weighted by Gasteiger charge is 2.11. The Labute approximate surface area is 153 Å². The van der Waals surface area contributed by atoms with E-state index < -0.39 is 0 Å². The van der Waals surface area contributed by atoms with Gasteiger partial charge in [0.05, 0.1) is 6.61 Å². The van der Waals surface area contributed by atoms with Crippen LogP contribution in [0.4, 0.5) is 0 Å². The van der Waals surface area contributed by atoms with E-state index in [4.69, 9.17) is 15.0 Å². The van der Waals surface area contributed by atoms with Crippen molar-refractivity contribution in [2.24, 2.45) is 11.7 Å². The highest BCUT2D eigenvalue weighted by atomic mass is 35.5. The van der Waals surface area contributed by atoms with Crippen LogP contribution >= 0.6 is 12.4 Å². The number of aryl methyl sites for hydroxylation is 1. The van der Waals surface area contributed by atoms with Gasteiger partial charge in [0.1, 0.15) is 5.75 Å². The summed E-state index contributed by atoms with van der Waals surface area (Å²) in [5.74, 6) is 1.97. The fraction of sp³-hybridized carbons (Fsp3) is 0.471. The lowest BCUT2D eigenvalue weighted by Crippen LogP contribution is -2.31. The van der Waals surface area contributed by atoms with Crippen LogP contribution in [0.15, 0.2) is 28.8 Å². The molecule has 7 nitrogen and oxygen atoms in total. The van der Waals surface area contributed by atoms with Gasteiger partial charge >= 0.3 is 0 Å². The summed E-state index contributed by atoms with van der Waals surface area (Å²) in [6.45, 7) is 5.68. The van der Waals surface area contributed by atoms with Gasteiger partial charge in [-0.25, -0.2) is 0 Å². The molecule has 3 N–H and O–H groups in total. The van der Waals surface area contributed by atoms with E-state index in [9.17, 15) is 4.79 Å². The number of halogens is 1. The van der Waals surface area contributed by atoms with Crippen molar-refractivity contribution in [2.75, 3.05) is 19.7 Å². The molecule has 1 atom stereocenters. The quantitative estimate of drug-likeness (QED) is 0.703. The third-order valence-corrected chi connectivity index (χ3v) is 3.51. The molecule has 1 aromatic carbocycles. The summed E-state index contributed by atoms with van der Waals surface area (Å²) in [4.78, 5) is 16.1. The van der Waals surface area contributed by atoms with Crippen LogP contribution < -0.4 is 15.8 Å². The Morgan fingerprint density at radius 1 is 1.36 bits per heavy atom. The number of carbonyl (C=O) groups is 1. The fourth-order valence-corrected chi connectivity index (χ4v) is 2.02. The van der Waals surface area contributed by atoms with Crippen molar-refractivity contribution in [3.05, 3.63) is 30.2 Å². The number of aromatic nitrogens is 2. The number of benzene rings is 1. The molecule has 25 heavy (non-hydrogen) atoms. The van der Waals surface area contributed by atoms with Crippen molar-refractivity contribution < 1.29 is 14.1 Å². The Hall–Kier alpha value is -2.12. The normalized spacial score (nSPS) is 11.5. The number of nitrogens with two attached hydrogens (primary N) is 1. The first kappa shape index (κ1) is 20.9. The van der Waals surface area contributed by atoms with Crippen LogP contribution in [-0.2, 0) is 11.2 Å². The van der Waals surface area contributed by atoms with Gasteiger partial charge in [-0.3, -0.25) is 4.79 Å². The van der Waals surface area contributed by atoms with E-state index >= 15 is 0 Å². The van der Waals surface area contributed by atoms with E-state index in [1.807, 2.05) is 38.1 Å². The van der Waals surface area contributed by atoms with E-state index in [1.54, 1.807) is 0 Å². The number of amides is 1. The number of hydrogen-bond acceptors (Lipinski definition) is 6. The topological polar surface area (TPSA) is 103 Å². The van der Waals surface area contributed by atoms with Crippen molar-refractivity contribution in [1.82, 2.24) is 15.5 Å². The molecule has 2 rings (SSSR count). The molecule has 0 bridgehead atoms. The molecule has 0 spiro atoms. The standard InChI is InChI=1S/C17H24N4O3.ClH/c1-3-23-14-6-4-13(5-7-14)17-20-16(24-21-17)9-8-15(22)19-11-12(2)10-18;/h4-7,12H,3,8-11,18H2,1-2H3,(H,19,22);1H. The predicted molar refractivity (Wildman–Crippen MR) is 97.7 cm³/mol. The summed E-state index contributed by atoms with van der Waals surface area (Å²) in [5, 5.41) is 6.79. The van der Waals surface area contributed by atoms with Crippen molar-refractivity contribution in [3.63, 3.8) is 0 Å². The third-order valence-electron chi connectivity index (χ3n) is 3.51. The van der Waals surface area contributed by atoms with Gasteiger partial charge in [-0.05, 0) is 43.7 Å². The van der Waals surface area contributed by atoms with Crippen molar-refractivity contribution >= 4 is 18.3 Å². The van der Waals surface area contributed by atoms with Crippen LogP contribution in [0, 0.1) is 5.92 Å². The summed E-state index contributed by atoms with van der Waals surface area (Å²) in [6.07, 6.45) is 0.717. The van der Waals surface area contributed by atoms with Crippen LogP contribution in [0.5, 0.6) is 5.75 Å². The molecule has 0 saturated carbocycles. The lowest BCUT2D eigenvalue weighted by atomic mass is 10.2. The summed E-state index contributed by atoms with van der Waals surface area (Å²) < 4.78 is 10.6. The molecule has 138 valence electrons. The zero-order valence-corrected chi connectivity index (χ0v) is 15.3. The number of ether oxygens (including phenoxy) is 1. The van der Waals surface area contributed by atoms with E-state index in [-0.39, 0.29) is 24.2 Å². The lowest BCUT2D eigenvalue weighted by molar-refractivity contribution is -0.121. The zero-order valence-electron chi connectivity index (χ0n) is 14.5. The molecule has 1 amide bonds. The first-order chi connectivity index (χ1) is 11.6. The molecule has 2 aromatic rings. The van der Waals surface area contributed by atoms with Crippen LogP contribution in [0.2, 0.25) is 0 Å². The average Bonchev–Trinajstić information content (AvgIpc) is 3.07. The minimum absolute atomic E-state index is 0. The van der Waals surface area contributed by atoms with Crippen LogP contribution in [0.1, 0.15) is 26.2 Å². The molecule has 0 aliphatic carbocycles. The summed E-state index contributed by atoms with van der Waals surface area (Å²) in [6, 6.07) is 7.48. The van der Waals surface area contributed by atoms with Crippen molar-refractivity contribution in [2.45, 2.75) is 26.7 Å². The molecule has 8 heteroatoms. The van der Waals surface area contributed by atoms with Gasteiger partial charge in [-0.1, -0.05) is 12.1 Å². The van der Waals surface area contributed by atoms with Gasteiger partial charge in [-0.2, -0.15) is 4.98 Å². The number of nitrogens with zero attached hydrogens (tertiary/aromatic N) is 2. The highest BCUT2D eigenvalue weighted by Crippen LogP contribution is 2.20. The van der Waals surface area contributed by atoms with Gasteiger partial charge in [-0.15, -0.1) is 12.4 Å². The first-order valence-corrected chi connectivity index (χ1v) is 8.15. The molecule has 1 heterocycles. The van der Waals surface area contributed by atoms with E-state index in [0.717, 1.165) is 11.3 Å². The number of nitrogens with one attached hydrogen (secondary N) is 1. The highest BCUT2D eigenvalue weighted by molar-refractivity contribution is 5.85. The Balaban J connectivity index is 0.00000312. The zero-order chi connectivity index (χ0) is 17.4. The molecular weight excluding hydrogens is 344 g/mol. The number of rotatable bonds is 9. The largest absolute Gasteiger partial charge is 0.494 e. The lowest BCUT2D eigenvalue weighted by Gasteiger charge is -2.09. The van der Waals surface area contributed by atoms with Gasteiger partial charge in [0, 0.05) is 24.9 Å². The Kier molecular flexibility index (Phi) is 8.94. The van der Waals surface area contributed by atoms with Gasteiger partial charge in [0.2, 0.25) is 17.6 Å². The predicted octanol–water partition coefficient (Wildman–Crippen LogP) is 2.20. The minimum atomic E-state index is -0.0453. The maximum Gasteiger partial charge on any atom is 0.227 e. The van der Waals surface area contributed by atoms with E-state index in [0.29, 0.717) is 44.3 Å². The fourth-order valence-electron chi connectivity index (χ4n) is 2.02. The molecule has 1 aromatic heterocycles. The Bertz CT molecular complexity index is 646. The van der Waals surface area contributed by atoms with Crippen molar-refractivity contribution in [3.8, 4) is 17.1 Å². The second-order valence-corrected chi connectivity index (χ2v) is 5.61. The maximum atomic E-state index is 11.8. The molecule has 0 aliphatic heterocycles. The molecule has 0 saturated heterocycles. The summed E-state index contributed by atoms with van der Waals surface area (Å²) >= 11 is 0. The Morgan fingerprint density at radius 3 is 2.72 bits per heavy atom. The number of hydrogen-bond donors (Lipinski definition) is 2. The van der Waals surface area contributed by atoms with Gasteiger partial charge in [0.25, 0.3) is 0 Å². The van der Waals surface area contributed by atoms with Crippen molar-refractivity contribution in [1.29, 1.82) is 0 Å². The monoisotopic (exact) mass is 368 g/mol. The summed E-state index contributed by atoms with van der Waals surface area (Å²) in [7, 11) is 0. The average molecular weight is 369 g/mol. The Morgan fingerprint density at radius 2 is 2.08 bits per heavy atom. The molecule has 0 aliphatic rings. The second-order valence-electron chi connectivity index (χ2n) is 5.61. The van der Waals surface area contributed by atoms with Gasteiger partial charge in [0.15, 0.2) is 0 Å². The summed E-state index contributed by atoms with van der Waals surface area (Å²) in [5.41, 5.74) is 6.36. The number of carbonyl (C=O) groups excluding carboxylic acids is 1. The first-order valence-electron chi connectivity index (χ1n) is 8.15. The molecule has 0 radical (unpaired) electrons. The van der Waals surface area contributed by atoms with Gasteiger partial charge < -0.3 is 20.3 Å². The molecule has 1 unspecified atom stereocenters. The SMILES string of the molecule is CCOc1ccc(-c2noc(CCC(=O)NCC(C)CN)n2)cc1.Cl.